The standard InChI is InChI=1S/C14H20BrN3O2S/c1-2-16-14-12(7-11(15)8-17-14)21(19,20)18-13(9-3-4-9)10-5-6-10/h7-10,13,18H,2-6H2,1H3,(H,16,17). The van der Waals surface area contributed by atoms with Crippen molar-refractivity contribution in [2.24, 2.45) is 11.8 Å². The van der Waals surface area contributed by atoms with Crippen molar-refractivity contribution in [2.75, 3.05) is 11.9 Å². The Morgan fingerprint density at radius 1 is 1.33 bits per heavy atom. The summed E-state index contributed by atoms with van der Waals surface area (Å²) in [6, 6.07) is 1.72. The predicted molar refractivity (Wildman–Crippen MR) is 85.7 cm³/mol. The van der Waals surface area contributed by atoms with Crippen molar-refractivity contribution in [2.45, 2.75) is 43.5 Å². The maximum absolute atomic E-state index is 12.7. The van der Waals surface area contributed by atoms with Gasteiger partial charge >= 0.3 is 0 Å². The summed E-state index contributed by atoms with van der Waals surface area (Å²) in [6.45, 7) is 2.55. The van der Waals surface area contributed by atoms with Crippen molar-refractivity contribution in [3.63, 3.8) is 0 Å². The lowest BCUT2D eigenvalue weighted by atomic mass is 10.1. The van der Waals surface area contributed by atoms with Crippen molar-refractivity contribution in [3.05, 3.63) is 16.7 Å². The minimum Gasteiger partial charge on any atom is -0.369 e. The van der Waals surface area contributed by atoms with Gasteiger partial charge in [0.05, 0.1) is 0 Å². The molecule has 21 heavy (non-hydrogen) atoms. The van der Waals surface area contributed by atoms with E-state index in [2.05, 4.69) is 31.0 Å². The minimum atomic E-state index is -3.55. The second-order valence-electron chi connectivity index (χ2n) is 5.85. The molecule has 116 valence electrons. The monoisotopic (exact) mass is 373 g/mol. The molecule has 1 aromatic rings. The summed E-state index contributed by atoms with van der Waals surface area (Å²) >= 11 is 3.31. The summed E-state index contributed by atoms with van der Waals surface area (Å²) in [7, 11) is -3.55. The lowest BCUT2D eigenvalue weighted by molar-refractivity contribution is 0.471. The molecule has 0 aliphatic heterocycles. The summed E-state index contributed by atoms with van der Waals surface area (Å²) in [5.41, 5.74) is 0. The molecule has 0 bridgehead atoms. The average molecular weight is 374 g/mol. The van der Waals surface area contributed by atoms with E-state index < -0.39 is 10.0 Å². The average Bonchev–Trinajstić information content (AvgIpc) is 3.30. The van der Waals surface area contributed by atoms with E-state index in [0.29, 0.717) is 28.7 Å². The molecular formula is C14H20BrN3O2S. The van der Waals surface area contributed by atoms with E-state index in [9.17, 15) is 8.42 Å². The molecule has 0 amide bonds. The molecule has 2 aliphatic rings. The first-order valence-corrected chi connectivity index (χ1v) is 9.70. The van der Waals surface area contributed by atoms with Gasteiger partial charge in [-0.3, -0.25) is 0 Å². The number of pyridine rings is 1. The Balaban J connectivity index is 1.87. The van der Waals surface area contributed by atoms with E-state index in [-0.39, 0.29) is 10.9 Å². The molecular weight excluding hydrogens is 354 g/mol. The molecule has 0 spiro atoms. The Hall–Kier alpha value is -0.660. The summed E-state index contributed by atoms with van der Waals surface area (Å²) in [5.74, 6) is 1.46. The Bertz CT molecular complexity index is 615. The molecule has 1 aromatic heterocycles. The second-order valence-corrected chi connectivity index (χ2v) is 8.45. The van der Waals surface area contributed by atoms with E-state index in [0.717, 1.165) is 25.7 Å². The molecule has 2 fully saturated rings. The van der Waals surface area contributed by atoms with Gasteiger partial charge in [0.15, 0.2) is 0 Å². The first-order chi connectivity index (χ1) is 10.0. The first-order valence-electron chi connectivity index (χ1n) is 7.43. The molecule has 0 unspecified atom stereocenters. The molecule has 2 aliphatic carbocycles. The molecule has 5 nitrogen and oxygen atoms in total. The molecule has 0 saturated heterocycles. The van der Waals surface area contributed by atoms with Crippen molar-refractivity contribution in [3.8, 4) is 0 Å². The number of nitrogens with zero attached hydrogens (tertiary/aromatic N) is 1. The van der Waals surface area contributed by atoms with Gasteiger partial charge in [-0.05, 0) is 66.4 Å². The smallest absolute Gasteiger partial charge is 0.244 e. The van der Waals surface area contributed by atoms with Crippen LogP contribution in [0.25, 0.3) is 0 Å². The van der Waals surface area contributed by atoms with Crippen LogP contribution < -0.4 is 10.0 Å². The summed E-state index contributed by atoms with van der Waals surface area (Å²) in [5, 5.41) is 3.02. The van der Waals surface area contributed by atoms with Gasteiger partial charge in [0.2, 0.25) is 10.0 Å². The summed E-state index contributed by atoms with van der Waals surface area (Å²) < 4.78 is 29.1. The number of nitrogens with one attached hydrogen (secondary N) is 2. The van der Waals surface area contributed by atoms with Crippen LogP contribution in [0.4, 0.5) is 5.82 Å². The molecule has 2 N–H and O–H groups in total. The van der Waals surface area contributed by atoms with Crippen LogP contribution in [0.5, 0.6) is 0 Å². The second kappa shape index (κ2) is 5.85. The predicted octanol–water partition coefficient (Wildman–Crippen LogP) is 2.74. The Morgan fingerprint density at radius 3 is 2.48 bits per heavy atom. The maximum atomic E-state index is 12.7. The van der Waals surface area contributed by atoms with Crippen LogP contribution in [0.15, 0.2) is 21.6 Å². The van der Waals surface area contributed by atoms with Crippen molar-refractivity contribution < 1.29 is 8.42 Å². The van der Waals surface area contributed by atoms with Crippen LogP contribution in [0, 0.1) is 11.8 Å². The minimum absolute atomic E-state index is 0.100. The quantitative estimate of drug-likeness (QED) is 0.770. The zero-order chi connectivity index (χ0) is 15.0. The van der Waals surface area contributed by atoms with Crippen LogP contribution in [0.3, 0.4) is 0 Å². The van der Waals surface area contributed by atoms with Crippen LogP contribution in [-0.4, -0.2) is 26.0 Å². The molecule has 2 saturated carbocycles. The normalized spacial score (nSPS) is 19.0. The highest BCUT2D eigenvalue weighted by Crippen LogP contribution is 2.45. The van der Waals surface area contributed by atoms with Crippen LogP contribution in [0.1, 0.15) is 32.6 Å². The molecule has 0 aromatic carbocycles. The highest BCUT2D eigenvalue weighted by Gasteiger charge is 2.43. The van der Waals surface area contributed by atoms with E-state index in [1.807, 2.05) is 6.92 Å². The Kier molecular flexibility index (Phi) is 4.25. The lowest BCUT2D eigenvalue weighted by Crippen LogP contribution is -2.38. The fraction of sp³-hybridized carbons (Fsp3) is 0.643. The zero-order valence-electron chi connectivity index (χ0n) is 12.0. The Morgan fingerprint density at radius 2 is 1.95 bits per heavy atom. The van der Waals surface area contributed by atoms with Crippen molar-refractivity contribution in [1.29, 1.82) is 0 Å². The van der Waals surface area contributed by atoms with E-state index >= 15 is 0 Å². The zero-order valence-corrected chi connectivity index (χ0v) is 14.4. The molecule has 3 rings (SSSR count). The van der Waals surface area contributed by atoms with Gasteiger partial charge in [0, 0.05) is 23.3 Å². The summed E-state index contributed by atoms with van der Waals surface area (Å²) in [4.78, 5) is 4.41. The highest BCUT2D eigenvalue weighted by molar-refractivity contribution is 9.10. The van der Waals surface area contributed by atoms with E-state index in [1.54, 1.807) is 12.3 Å². The number of rotatable bonds is 7. The SMILES string of the molecule is CCNc1ncc(Br)cc1S(=O)(=O)NC(C1CC1)C1CC1. The fourth-order valence-corrected chi connectivity index (χ4v) is 4.67. The third kappa shape index (κ3) is 3.57. The Labute approximate surface area is 134 Å². The van der Waals surface area contributed by atoms with E-state index in [1.165, 1.54) is 0 Å². The molecule has 7 heteroatoms. The van der Waals surface area contributed by atoms with Gasteiger partial charge in [0.25, 0.3) is 0 Å². The van der Waals surface area contributed by atoms with Crippen LogP contribution in [-0.2, 0) is 10.0 Å². The molecule has 0 radical (unpaired) electrons. The molecule has 0 atom stereocenters. The number of sulfonamides is 1. The van der Waals surface area contributed by atoms with Crippen LogP contribution >= 0.6 is 15.9 Å². The van der Waals surface area contributed by atoms with Gasteiger partial charge in [-0.25, -0.2) is 18.1 Å². The number of halogens is 1. The maximum Gasteiger partial charge on any atom is 0.244 e. The first kappa shape index (κ1) is 15.2. The van der Waals surface area contributed by atoms with Gasteiger partial charge in [-0.15, -0.1) is 0 Å². The highest BCUT2D eigenvalue weighted by atomic mass is 79.9. The number of anilines is 1. The third-order valence-electron chi connectivity index (χ3n) is 4.00. The van der Waals surface area contributed by atoms with Crippen LogP contribution in [0.2, 0.25) is 0 Å². The third-order valence-corrected chi connectivity index (χ3v) is 5.91. The number of hydrogen-bond acceptors (Lipinski definition) is 4. The van der Waals surface area contributed by atoms with Gasteiger partial charge in [-0.2, -0.15) is 0 Å². The largest absolute Gasteiger partial charge is 0.369 e. The van der Waals surface area contributed by atoms with Gasteiger partial charge < -0.3 is 5.32 Å². The van der Waals surface area contributed by atoms with Crippen molar-refractivity contribution in [1.82, 2.24) is 9.71 Å². The number of hydrogen-bond donors (Lipinski definition) is 2. The fourth-order valence-electron chi connectivity index (χ4n) is 2.66. The van der Waals surface area contributed by atoms with E-state index in [4.69, 9.17) is 0 Å². The number of aromatic nitrogens is 1. The topological polar surface area (TPSA) is 71.1 Å². The van der Waals surface area contributed by atoms with Gasteiger partial charge in [0.1, 0.15) is 10.7 Å². The summed E-state index contributed by atoms with van der Waals surface area (Å²) in [6.07, 6.45) is 6.16. The van der Waals surface area contributed by atoms with Gasteiger partial charge in [-0.1, -0.05) is 0 Å². The van der Waals surface area contributed by atoms with Crippen molar-refractivity contribution >= 4 is 31.8 Å². The molecule has 1 heterocycles. The lowest BCUT2D eigenvalue weighted by Gasteiger charge is -2.19.